The Kier molecular flexibility index (Phi) is 7.95. The van der Waals surface area contributed by atoms with Gasteiger partial charge in [-0.2, -0.15) is 0 Å². The number of ether oxygens (including phenoxy) is 1. The first-order valence-corrected chi connectivity index (χ1v) is 12.1. The van der Waals surface area contributed by atoms with Gasteiger partial charge in [-0.05, 0) is 50.1 Å². The molecule has 4 rings (SSSR count). The second-order valence-electron chi connectivity index (χ2n) is 8.38. The average molecular weight is 487 g/mol. The van der Waals surface area contributed by atoms with Crippen LogP contribution in [0.15, 0.2) is 70.3 Å². The number of hydrogen-bond acceptors (Lipinski definition) is 7. The van der Waals surface area contributed by atoms with Crippen molar-refractivity contribution < 1.29 is 13.9 Å². The maximum Gasteiger partial charge on any atom is 0.407 e. The van der Waals surface area contributed by atoms with Crippen LogP contribution in [0.2, 0.25) is 0 Å². The number of carbonyl (C=O) groups is 1. The topological polar surface area (TPSA) is 97.6 Å². The molecular weight excluding hydrogens is 456 g/mol. The van der Waals surface area contributed by atoms with Crippen LogP contribution in [-0.2, 0) is 17.7 Å². The van der Waals surface area contributed by atoms with E-state index >= 15 is 0 Å². The molecule has 0 aliphatic heterocycles. The zero-order valence-electron chi connectivity index (χ0n) is 20.8. The van der Waals surface area contributed by atoms with Crippen molar-refractivity contribution in [1.29, 1.82) is 0 Å². The van der Waals surface area contributed by atoms with Crippen molar-refractivity contribution in [3.8, 4) is 11.3 Å². The van der Waals surface area contributed by atoms with Gasteiger partial charge in [-0.3, -0.25) is 9.97 Å². The molecule has 0 aliphatic rings. The monoisotopic (exact) mass is 486 g/mol. The van der Waals surface area contributed by atoms with Gasteiger partial charge in [-0.15, -0.1) is 0 Å². The summed E-state index contributed by atoms with van der Waals surface area (Å²) in [4.78, 5) is 35.5. The highest BCUT2D eigenvalue weighted by Crippen LogP contribution is 2.25. The smallest absolute Gasteiger partial charge is 0.407 e. The number of fused-ring (bicyclic) bond motifs is 1. The molecule has 4 aromatic rings. The van der Waals surface area contributed by atoms with Gasteiger partial charge in [-0.25, -0.2) is 9.59 Å². The molecule has 1 amide bonds. The van der Waals surface area contributed by atoms with Crippen molar-refractivity contribution in [1.82, 2.24) is 15.3 Å². The summed E-state index contributed by atoms with van der Waals surface area (Å²) in [6.07, 6.45) is 4.68. The molecule has 0 atom stereocenters. The Morgan fingerprint density at radius 3 is 2.69 bits per heavy atom. The van der Waals surface area contributed by atoms with Crippen molar-refractivity contribution in [2.45, 2.75) is 33.7 Å². The number of alkyl carbamates (subject to hydrolysis) is 1. The van der Waals surface area contributed by atoms with Gasteiger partial charge >= 0.3 is 11.7 Å². The van der Waals surface area contributed by atoms with Crippen LogP contribution in [-0.4, -0.2) is 35.8 Å². The summed E-state index contributed by atoms with van der Waals surface area (Å²) in [7, 11) is 0. The summed E-state index contributed by atoms with van der Waals surface area (Å²) < 4.78 is 10.9. The molecule has 2 heterocycles. The number of carbonyl (C=O) groups excluding carboxylic acids is 1. The molecule has 0 aliphatic carbocycles. The lowest BCUT2D eigenvalue weighted by atomic mass is 10.0. The van der Waals surface area contributed by atoms with Crippen LogP contribution in [0, 0.1) is 6.92 Å². The Morgan fingerprint density at radius 2 is 1.94 bits per heavy atom. The molecule has 8 heteroatoms. The molecule has 0 saturated heterocycles. The average Bonchev–Trinajstić information content (AvgIpc) is 2.90. The fraction of sp³-hybridized carbons (Fsp3) is 0.286. The molecule has 2 aromatic carbocycles. The van der Waals surface area contributed by atoms with Crippen molar-refractivity contribution in [3.05, 3.63) is 88.2 Å². The molecule has 0 radical (unpaired) electrons. The maximum atomic E-state index is 12.7. The Bertz CT molecular complexity index is 1400. The lowest BCUT2D eigenvalue weighted by molar-refractivity contribution is 0.146. The van der Waals surface area contributed by atoms with E-state index in [9.17, 15) is 9.59 Å². The van der Waals surface area contributed by atoms with Crippen LogP contribution >= 0.6 is 0 Å². The summed E-state index contributed by atoms with van der Waals surface area (Å²) in [5.74, 6) is 0. The number of hydrogen-bond donors (Lipinski definition) is 1. The predicted octanol–water partition coefficient (Wildman–Crippen LogP) is 4.87. The highest BCUT2D eigenvalue weighted by atomic mass is 16.5. The first-order valence-electron chi connectivity index (χ1n) is 12.1. The van der Waals surface area contributed by atoms with Crippen molar-refractivity contribution in [3.63, 3.8) is 0 Å². The van der Waals surface area contributed by atoms with Gasteiger partial charge in [-0.1, -0.05) is 18.2 Å². The van der Waals surface area contributed by atoms with E-state index in [1.165, 1.54) is 0 Å². The Labute approximate surface area is 210 Å². The summed E-state index contributed by atoms with van der Waals surface area (Å²) in [6, 6.07) is 13.6. The van der Waals surface area contributed by atoms with E-state index in [1.807, 2.05) is 49.4 Å². The zero-order valence-corrected chi connectivity index (χ0v) is 20.8. The molecule has 0 bridgehead atoms. The second kappa shape index (κ2) is 11.5. The largest absolute Gasteiger partial charge is 0.449 e. The normalized spacial score (nSPS) is 10.9. The molecule has 1 N–H and O–H groups in total. The number of aryl methyl sites for hydroxylation is 1. The summed E-state index contributed by atoms with van der Waals surface area (Å²) in [5, 5.41) is 3.63. The molecule has 0 unspecified atom stereocenters. The van der Waals surface area contributed by atoms with Crippen molar-refractivity contribution in [2.75, 3.05) is 24.6 Å². The molecule has 0 fully saturated rings. The van der Waals surface area contributed by atoms with E-state index in [4.69, 9.17) is 9.15 Å². The number of rotatable bonds is 9. The van der Waals surface area contributed by atoms with Crippen LogP contribution in [0.3, 0.4) is 0 Å². The Balaban J connectivity index is 1.35. The minimum atomic E-state index is -0.549. The quantitative estimate of drug-likeness (QED) is 0.337. The molecule has 0 saturated carbocycles. The number of nitrogens with one attached hydrogen (secondary N) is 1. The Hall–Kier alpha value is -4.20. The minimum Gasteiger partial charge on any atom is -0.449 e. The molecule has 8 nitrogen and oxygen atoms in total. The number of benzene rings is 2. The van der Waals surface area contributed by atoms with Crippen LogP contribution in [0.1, 0.15) is 30.5 Å². The maximum absolute atomic E-state index is 12.7. The number of amides is 1. The SMILES string of the molecule is CCN(CC)c1ccc2c(C)c(CCOC(=O)NCc3cccc(-c4cnccn4)c3)c(=O)oc2c1. The third-order valence-corrected chi connectivity index (χ3v) is 6.21. The van der Waals surface area contributed by atoms with Crippen LogP contribution < -0.4 is 15.8 Å². The molecular formula is C28H30N4O4. The highest BCUT2D eigenvalue weighted by molar-refractivity contribution is 5.84. The predicted molar refractivity (Wildman–Crippen MR) is 140 cm³/mol. The van der Waals surface area contributed by atoms with Gasteiger partial charge in [0.25, 0.3) is 0 Å². The van der Waals surface area contributed by atoms with E-state index in [0.717, 1.165) is 46.5 Å². The summed E-state index contributed by atoms with van der Waals surface area (Å²) in [5.41, 5.74) is 5.12. The third-order valence-electron chi connectivity index (χ3n) is 6.21. The fourth-order valence-electron chi connectivity index (χ4n) is 4.22. The minimum absolute atomic E-state index is 0.0696. The van der Waals surface area contributed by atoms with Crippen LogP contribution in [0.4, 0.5) is 10.5 Å². The van der Waals surface area contributed by atoms with E-state index < -0.39 is 11.7 Å². The van der Waals surface area contributed by atoms with E-state index in [2.05, 4.69) is 34.0 Å². The van der Waals surface area contributed by atoms with Crippen LogP contribution in [0.5, 0.6) is 0 Å². The first-order chi connectivity index (χ1) is 17.5. The fourth-order valence-corrected chi connectivity index (χ4v) is 4.22. The molecule has 2 aromatic heterocycles. The van der Waals surface area contributed by atoms with E-state index in [1.54, 1.807) is 18.6 Å². The van der Waals surface area contributed by atoms with Gasteiger partial charge in [0.15, 0.2) is 0 Å². The molecule has 36 heavy (non-hydrogen) atoms. The number of anilines is 1. The Morgan fingerprint density at radius 1 is 1.11 bits per heavy atom. The highest BCUT2D eigenvalue weighted by Gasteiger charge is 2.14. The standard InChI is InChI=1S/C28H30N4O4/c1-4-32(5-2)22-9-10-23-19(3)24(27(33)36-26(23)16-22)11-14-35-28(34)31-17-20-7-6-8-21(15-20)25-18-29-12-13-30-25/h6-10,12-13,15-16,18H,4-5,11,14,17H2,1-3H3,(H,31,34). The second-order valence-corrected chi connectivity index (χ2v) is 8.38. The van der Waals surface area contributed by atoms with E-state index in [-0.39, 0.29) is 13.0 Å². The van der Waals surface area contributed by atoms with Gasteiger partial charge in [0.2, 0.25) is 0 Å². The molecule has 0 spiro atoms. The first kappa shape index (κ1) is 24.9. The van der Waals surface area contributed by atoms with Crippen LogP contribution in [0.25, 0.3) is 22.2 Å². The molecule has 186 valence electrons. The summed E-state index contributed by atoms with van der Waals surface area (Å²) in [6.45, 7) is 8.19. The van der Waals surface area contributed by atoms with Crippen molar-refractivity contribution >= 4 is 22.7 Å². The van der Waals surface area contributed by atoms with Gasteiger partial charge in [0.1, 0.15) is 5.58 Å². The lowest BCUT2D eigenvalue weighted by Gasteiger charge is -2.21. The number of nitrogens with zero attached hydrogens (tertiary/aromatic N) is 3. The van der Waals surface area contributed by atoms with Crippen molar-refractivity contribution in [2.24, 2.45) is 0 Å². The van der Waals surface area contributed by atoms with Gasteiger partial charge in [0.05, 0.1) is 18.5 Å². The number of aromatic nitrogens is 2. The summed E-state index contributed by atoms with van der Waals surface area (Å²) >= 11 is 0. The van der Waals surface area contributed by atoms with E-state index in [0.29, 0.717) is 17.7 Å². The van der Waals surface area contributed by atoms with Gasteiger partial charge in [0, 0.05) is 66.7 Å². The van der Waals surface area contributed by atoms with Gasteiger partial charge < -0.3 is 19.4 Å². The zero-order chi connectivity index (χ0) is 25.5. The third kappa shape index (κ3) is 5.71. The lowest BCUT2D eigenvalue weighted by Crippen LogP contribution is -2.25.